The molecule has 1 aromatic heterocycles. The average molecular weight is 514 g/mol. The fourth-order valence-electron chi connectivity index (χ4n) is 3.97. The molecule has 0 fully saturated rings. The molecule has 0 saturated heterocycles. The second kappa shape index (κ2) is 11.2. The fraction of sp³-hybridized carbons (Fsp3) is 0.320. The Bertz CT molecular complexity index is 1510. The molecule has 1 heterocycles. The largest absolute Gasteiger partial charge is 0.331 e. The quantitative estimate of drug-likeness (QED) is 0.473. The van der Waals surface area contributed by atoms with Crippen molar-refractivity contribution in [3.63, 3.8) is 0 Å². The van der Waals surface area contributed by atoms with Gasteiger partial charge in [-0.1, -0.05) is 18.5 Å². The van der Waals surface area contributed by atoms with Crippen molar-refractivity contribution in [1.29, 1.82) is 5.26 Å². The van der Waals surface area contributed by atoms with Gasteiger partial charge in [0.05, 0.1) is 21.5 Å². The van der Waals surface area contributed by atoms with Crippen LogP contribution >= 0.6 is 11.6 Å². The monoisotopic (exact) mass is 513 g/mol. The van der Waals surface area contributed by atoms with Crippen LogP contribution in [-0.2, 0) is 22.7 Å². The van der Waals surface area contributed by atoms with Crippen molar-refractivity contribution in [3.8, 4) is 6.07 Å². The van der Waals surface area contributed by atoms with Crippen LogP contribution in [0.1, 0.15) is 39.2 Å². The molecule has 0 radical (unpaired) electrons. The summed E-state index contributed by atoms with van der Waals surface area (Å²) in [5, 5.41) is 14.4. The number of carbonyl (C=O) groups is 2. The molecule has 0 bridgehead atoms. The van der Waals surface area contributed by atoms with Crippen molar-refractivity contribution in [2.75, 3.05) is 10.6 Å². The summed E-state index contributed by atoms with van der Waals surface area (Å²) in [6.07, 6.45) is -0.00401. The molecule has 1 atom stereocenters. The number of hydrogen-bond donors (Lipinski definition) is 2. The highest BCUT2D eigenvalue weighted by atomic mass is 35.5. The van der Waals surface area contributed by atoms with Crippen LogP contribution < -0.4 is 21.9 Å². The third kappa shape index (κ3) is 5.63. The van der Waals surface area contributed by atoms with E-state index in [-0.39, 0.29) is 64.9 Å². The molecule has 0 aliphatic heterocycles. The molecular weight excluding hydrogens is 489 g/mol. The number of benzene rings is 2. The van der Waals surface area contributed by atoms with E-state index in [2.05, 4.69) is 10.6 Å². The van der Waals surface area contributed by atoms with Crippen molar-refractivity contribution in [2.45, 2.75) is 46.7 Å². The number of halogens is 2. The first-order chi connectivity index (χ1) is 17.1. The average Bonchev–Trinajstić information content (AvgIpc) is 2.80. The van der Waals surface area contributed by atoms with Crippen LogP contribution in [0, 0.1) is 23.1 Å². The second-order valence-corrected chi connectivity index (χ2v) is 8.75. The van der Waals surface area contributed by atoms with Gasteiger partial charge in [0.25, 0.3) is 5.56 Å². The Kier molecular flexibility index (Phi) is 8.27. The number of nitrogens with zero attached hydrogens (tertiary/aromatic N) is 3. The molecule has 188 valence electrons. The maximum atomic E-state index is 14.9. The number of rotatable bonds is 8. The lowest BCUT2D eigenvalue weighted by atomic mass is 10.0. The maximum Gasteiger partial charge on any atom is 0.331 e. The molecule has 0 aliphatic carbocycles. The lowest BCUT2D eigenvalue weighted by molar-refractivity contribution is -0.118. The van der Waals surface area contributed by atoms with Gasteiger partial charge in [0.1, 0.15) is 11.9 Å². The van der Waals surface area contributed by atoms with E-state index in [0.717, 1.165) is 10.6 Å². The van der Waals surface area contributed by atoms with Gasteiger partial charge in [0.2, 0.25) is 11.8 Å². The van der Waals surface area contributed by atoms with E-state index >= 15 is 0 Å². The van der Waals surface area contributed by atoms with E-state index in [9.17, 15) is 23.6 Å². The standard InChI is InChI=1S/C25H25ClFN5O4/c1-4-31-23-18(24(35)32(5-2)25(31)36)10-17(12-20(23)27)30-22(34)9-14(3)8-21(33)29-16-7-6-15(13-28)19(26)11-16/h6-7,10-12,14H,4-5,8-9H2,1-3H3,(H,29,33)(H,30,34). The molecule has 3 aromatic rings. The molecule has 1 unspecified atom stereocenters. The topological polar surface area (TPSA) is 126 Å². The summed E-state index contributed by atoms with van der Waals surface area (Å²) in [5.41, 5.74) is -0.543. The molecule has 0 spiro atoms. The number of aromatic nitrogens is 2. The highest BCUT2D eigenvalue weighted by Gasteiger charge is 2.18. The highest BCUT2D eigenvalue weighted by Crippen LogP contribution is 2.22. The number of hydrogen-bond acceptors (Lipinski definition) is 5. The Morgan fingerprint density at radius 1 is 1.03 bits per heavy atom. The summed E-state index contributed by atoms with van der Waals surface area (Å²) < 4.78 is 17.1. The van der Waals surface area contributed by atoms with Gasteiger partial charge < -0.3 is 10.6 Å². The van der Waals surface area contributed by atoms with E-state index in [0.29, 0.717) is 5.69 Å². The fourth-order valence-corrected chi connectivity index (χ4v) is 4.19. The number of carbonyl (C=O) groups excluding carboxylic acids is 2. The van der Waals surface area contributed by atoms with Gasteiger partial charge in [-0.3, -0.25) is 23.5 Å². The number of nitriles is 1. The predicted octanol–water partition coefficient (Wildman–Crippen LogP) is 3.86. The lowest BCUT2D eigenvalue weighted by Crippen LogP contribution is -2.39. The van der Waals surface area contributed by atoms with Gasteiger partial charge in [0.15, 0.2) is 0 Å². The number of nitrogens with one attached hydrogen (secondary N) is 2. The van der Waals surface area contributed by atoms with Crippen molar-refractivity contribution in [1.82, 2.24) is 9.13 Å². The lowest BCUT2D eigenvalue weighted by Gasteiger charge is -2.15. The highest BCUT2D eigenvalue weighted by molar-refractivity contribution is 6.32. The summed E-state index contributed by atoms with van der Waals surface area (Å²) in [6.45, 7) is 5.33. The van der Waals surface area contributed by atoms with Crippen LogP contribution in [0.3, 0.4) is 0 Å². The van der Waals surface area contributed by atoms with Gasteiger partial charge in [-0.05, 0) is 50.1 Å². The molecule has 3 rings (SSSR count). The first-order valence-electron chi connectivity index (χ1n) is 11.4. The summed E-state index contributed by atoms with van der Waals surface area (Å²) >= 11 is 5.97. The minimum Gasteiger partial charge on any atom is -0.326 e. The number of amides is 2. The first kappa shape index (κ1) is 26.6. The normalized spacial score (nSPS) is 11.7. The Morgan fingerprint density at radius 2 is 1.64 bits per heavy atom. The van der Waals surface area contributed by atoms with Crippen LogP contribution in [0.25, 0.3) is 10.9 Å². The number of aryl methyl sites for hydroxylation is 1. The van der Waals surface area contributed by atoms with Crippen LogP contribution in [-0.4, -0.2) is 20.9 Å². The first-order valence-corrected chi connectivity index (χ1v) is 11.7. The molecule has 36 heavy (non-hydrogen) atoms. The van der Waals surface area contributed by atoms with Crippen LogP contribution in [0.4, 0.5) is 15.8 Å². The zero-order valence-electron chi connectivity index (χ0n) is 20.0. The summed E-state index contributed by atoms with van der Waals surface area (Å²) in [7, 11) is 0. The van der Waals surface area contributed by atoms with Crippen molar-refractivity contribution in [2.24, 2.45) is 5.92 Å². The molecule has 2 N–H and O–H groups in total. The Balaban J connectivity index is 1.71. The smallest absolute Gasteiger partial charge is 0.326 e. The third-order valence-electron chi connectivity index (χ3n) is 5.63. The summed E-state index contributed by atoms with van der Waals surface area (Å²) in [6, 6.07) is 8.86. The van der Waals surface area contributed by atoms with Crippen LogP contribution in [0.15, 0.2) is 39.9 Å². The van der Waals surface area contributed by atoms with E-state index < -0.39 is 23.0 Å². The maximum absolute atomic E-state index is 14.9. The van der Waals surface area contributed by atoms with Crippen LogP contribution in [0.5, 0.6) is 0 Å². The minimum absolute atomic E-state index is 0.0119. The van der Waals surface area contributed by atoms with Gasteiger partial charge >= 0.3 is 5.69 Å². The third-order valence-corrected chi connectivity index (χ3v) is 5.94. The molecule has 0 saturated carbocycles. The molecule has 2 aromatic carbocycles. The van der Waals surface area contributed by atoms with E-state index in [1.54, 1.807) is 26.8 Å². The Morgan fingerprint density at radius 3 is 2.19 bits per heavy atom. The zero-order chi connectivity index (χ0) is 26.6. The van der Waals surface area contributed by atoms with E-state index in [1.807, 2.05) is 6.07 Å². The van der Waals surface area contributed by atoms with Gasteiger partial charge in [-0.2, -0.15) is 5.26 Å². The summed E-state index contributed by atoms with van der Waals surface area (Å²) in [5.74, 6) is -1.96. The minimum atomic E-state index is -0.796. The van der Waals surface area contributed by atoms with Gasteiger partial charge in [-0.15, -0.1) is 0 Å². The number of fused-ring (bicyclic) bond motifs is 1. The zero-order valence-corrected chi connectivity index (χ0v) is 20.8. The van der Waals surface area contributed by atoms with Crippen LogP contribution in [0.2, 0.25) is 5.02 Å². The van der Waals surface area contributed by atoms with Gasteiger partial charge in [0, 0.05) is 37.3 Å². The van der Waals surface area contributed by atoms with E-state index in [1.165, 1.54) is 22.8 Å². The SMILES string of the molecule is CCn1c(=O)c2cc(NC(=O)CC(C)CC(=O)Nc3ccc(C#N)c(Cl)c3)cc(F)c2n(CC)c1=O. The van der Waals surface area contributed by atoms with E-state index in [4.69, 9.17) is 16.9 Å². The molecule has 9 nitrogen and oxygen atoms in total. The Hall–Kier alpha value is -3.97. The van der Waals surface area contributed by atoms with Gasteiger partial charge in [-0.25, -0.2) is 9.18 Å². The summed E-state index contributed by atoms with van der Waals surface area (Å²) in [4.78, 5) is 50.1. The Labute approximate surface area is 211 Å². The molecular formula is C25H25ClFN5O4. The number of anilines is 2. The molecule has 0 aliphatic rings. The van der Waals surface area contributed by atoms with Crippen molar-refractivity contribution < 1.29 is 14.0 Å². The van der Waals surface area contributed by atoms with Crippen molar-refractivity contribution in [3.05, 3.63) is 67.6 Å². The molecule has 11 heteroatoms. The molecule has 2 amide bonds. The predicted molar refractivity (Wildman–Crippen MR) is 136 cm³/mol. The second-order valence-electron chi connectivity index (χ2n) is 8.35. The van der Waals surface area contributed by atoms with Crippen molar-refractivity contribution >= 4 is 45.7 Å².